The highest BCUT2D eigenvalue weighted by Gasteiger charge is 2.20. The van der Waals surface area contributed by atoms with Crippen molar-refractivity contribution in [2.24, 2.45) is 0 Å². The molecule has 118 valence electrons. The van der Waals surface area contributed by atoms with E-state index in [1.807, 2.05) is 34.3 Å². The van der Waals surface area contributed by atoms with Gasteiger partial charge >= 0.3 is 0 Å². The van der Waals surface area contributed by atoms with E-state index < -0.39 is 5.82 Å². The lowest BCUT2D eigenvalue weighted by Crippen LogP contribution is -2.30. The molecule has 23 heavy (non-hydrogen) atoms. The minimum absolute atomic E-state index is 0.0858. The van der Waals surface area contributed by atoms with Gasteiger partial charge in [0.15, 0.2) is 0 Å². The first-order valence-electron chi connectivity index (χ1n) is 6.93. The van der Waals surface area contributed by atoms with Gasteiger partial charge < -0.3 is 5.32 Å². The summed E-state index contributed by atoms with van der Waals surface area (Å²) in [5, 5.41) is 9.18. The number of carbonyl (C=O) groups excluding carboxylic acids is 1. The van der Waals surface area contributed by atoms with Gasteiger partial charge in [-0.3, -0.25) is 4.79 Å². The Balaban J connectivity index is 1.79. The Morgan fingerprint density at radius 2 is 2.09 bits per heavy atom. The van der Waals surface area contributed by atoms with Crippen molar-refractivity contribution >= 4 is 40.2 Å². The van der Waals surface area contributed by atoms with E-state index in [-0.39, 0.29) is 29.0 Å². The van der Waals surface area contributed by atoms with Crippen LogP contribution in [0.1, 0.15) is 22.0 Å². The molecule has 2 heterocycles. The van der Waals surface area contributed by atoms with E-state index >= 15 is 0 Å². The van der Waals surface area contributed by atoms with Crippen LogP contribution in [0.3, 0.4) is 0 Å². The third-order valence-electron chi connectivity index (χ3n) is 3.41. The van der Waals surface area contributed by atoms with Gasteiger partial charge in [-0.25, -0.2) is 4.39 Å². The minimum Gasteiger partial charge on any atom is -0.344 e. The molecular formula is C17H13ClFNOS2. The van der Waals surface area contributed by atoms with Crippen molar-refractivity contribution in [3.05, 3.63) is 79.4 Å². The molecule has 1 N–H and O–H groups in total. The second kappa shape index (κ2) is 7.25. The second-order valence-corrected chi connectivity index (χ2v) is 7.12. The molecule has 2 nitrogen and oxygen atoms in total. The summed E-state index contributed by atoms with van der Waals surface area (Å²) in [7, 11) is 0. The highest BCUT2D eigenvalue weighted by atomic mass is 35.5. The quantitative estimate of drug-likeness (QED) is 0.673. The first-order chi connectivity index (χ1) is 11.1. The first kappa shape index (κ1) is 16.2. The van der Waals surface area contributed by atoms with E-state index in [0.717, 1.165) is 10.4 Å². The Bertz CT molecular complexity index is 733. The normalized spacial score (nSPS) is 12.1. The van der Waals surface area contributed by atoms with Gasteiger partial charge in [-0.1, -0.05) is 23.7 Å². The van der Waals surface area contributed by atoms with E-state index in [9.17, 15) is 9.18 Å². The molecule has 0 saturated carbocycles. The van der Waals surface area contributed by atoms with Crippen molar-refractivity contribution in [1.29, 1.82) is 0 Å². The summed E-state index contributed by atoms with van der Waals surface area (Å²) in [4.78, 5) is 13.4. The molecule has 6 heteroatoms. The molecule has 0 aliphatic carbocycles. The van der Waals surface area contributed by atoms with Gasteiger partial charge in [0.2, 0.25) is 5.91 Å². The van der Waals surface area contributed by atoms with Crippen LogP contribution in [0, 0.1) is 5.82 Å². The SMILES string of the molecule is O=C(Cc1c(F)cccc1Cl)NC(c1ccsc1)c1cccs1. The molecule has 0 spiro atoms. The lowest BCUT2D eigenvalue weighted by Gasteiger charge is -2.17. The number of amides is 1. The summed E-state index contributed by atoms with van der Waals surface area (Å²) in [6.45, 7) is 0. The molecule has 0 aliphatic heterocycles. The summed E-state index contributed by atoms with van der Waals surface area (Å²) in [6, 6.07) is 10.1. The zero-order valence-electron chi connectivity index (χ0n) is 12.0. The molecule has 0 radical (unpaired) electrons. The van der Waals surface area contributed by atoms with Gasteiger partial charge in [0.05, 0.1) is 12.5 Å². The Labute approximate surface area is 146 Å². The highest BCUT2D eigenvalue weighted by Crippen LogP contribution is 2.28. The number of carbonyl (C=O) groups is 1. The number of rotatable bonds is 5. The molecule has 1 amide bonds. The highest BCUT2D eigenvalue weighted by molar-refractivity contribution is 7.10. The average Bonchev–Trinajstić information content (AvgIpc) is 3.21. The molecule has 1 unspecified atom stereocenters. The Morgan fingerprint density at radius 1 is 1.22 bits per heavy atom. The van der Waals surface area contributed by atoms with Crippen LogP contribution in [0.4, 0.5) is 4.39 Å². The van der Waals surface area contributed by atoms with Crippen LogP contribution >= 0.6 is 34.3 Å². The van der Waals surface area contributed by atoms with Gasteiger partial charge in [0.1, 0.15) is 5.82 Å². The van der Waals surface area contributed by atoms with Crippen LogP contribution in [0.5, 0.6) is 0 Å². The summed E-state index contributed by atoms with van der Waals surface area (Å²) in [5.41, 5.74) is 1.24. The van der Waals surface area contributed by atoms with Gasteiger partial charge in [-0.05, 0) is 46.0 Å². The zero-order chi connectivity index (χ0) is 16.2. The summed E-state index contributed by atoms with van der Waals surface area (Å²) >= 11 is 9.14. The number of nitrogens with one attached hydrogen (secondary N) is 1. The van der Waals surface area contributed by atoms with Crippen LogP contribution in [-0.2, 0) is 11.2 Å². The Morgan fingerprint density at radius 3 is 2.74 bits per heavy atom. The summed E-state index contributed by atoms with van der Waals surface area (Å²) in [6.07, 6.45) is -0.0858. The maximum atomic E-state index is 13.8. The lowest BCUT2D eigenvalue weighted by molar-refractivity contribution is -0.121. The Hall–Kier alpha value is -1.69. The maximum absolute atomic E-state index is 13.8. The average molecular weight is 366 g/mol. The van der Waals surface area contributed by atoms with Gasteiger partial charge in [-0.2, -0.15) is 11.3 Å². The fraction of sp³-hybridized carbons (Fsp3) is 0.118. The van der Waals surface area contributed by atoms with Gasteiger partial charge in [0.25, 0.3) is 0 Å². The molecule has 0 bridgehead atoms. The van der Waals surface area contributed by atoms with Crippen LogP contribution in [0.25, 0.3) is 0 Å². The van der Waals surface area contributed by atoms with Crippen LogP contribution in [0.15, 0.2) is 52.5 Å². The van der Waals surface area contributed by atoms with Crippen molar-refractivity contribution in [2.45, 2.75) is 12.5 Å². The smallest absolute Gasteiger partial charge is 0.225 e. The van der Waals surface area contributed by atoms with Gasteiger partial charge in [-0.15, -0.1) is 11.3 Å². The molecule has 0 saturated heterocycles. The lowest BCUT2D eigenvalue weighted by atomic mass is 10.1. The third kappa shape index (κ3) is 3.80. The minimum atomic E-state index is -0.462. The van der Waals surface area contributed by atoms with E-state index in [1.165, 1.54) is 12.1 Å². The fourth-order valence-corrected chi connectivity index (χ4v) is 4.01. The first-order valence-corrected chi connectivity index (χ1v) is 9.13. The number of thiophene rings is 2. The maximum Gasteiger partial charge on any atom is 0.225 e. The number of halogens is 2. The fourth-order valence-electron chi connectivity index (χ4n) is 2.29. The molecule has 0 fully saturated rings. The predicted molar refractivity (Wildman–Crippen MR) is 93.7 cm³/mol. The summed E-state index contributed by atoms with van der Waals surface area (Å²) in [5.74, 6) is -0.725. The van der Waals surface area contributed by atoms with Crippen molar-refractivity contribution in [1.82, 2.24) is 5.32 Å². The van der Waals surface area contributed by atoms with Crippen LogP contribution < -0.4 is 5.32 Å². The molecule has 2 aromatic heterocycles. The van der Waals surface area contributed by atoms with E-state index in [0.29, 0.717) is 0 Å². The molecule has 0 aliphatic rings. The monoisotopic (exact) mass is 365 g/mol. The molecular weight excluding hydrogens is 353 g/mol. The van der Waals surface area contributed by atoms with Crippen LogP contribution in [-0.4, -0.2) is 5.91 Å². The molecule has 3 rings (SSSR count). The van der Waals surface area contributed by atoms with Crippen molar-refractivity contribution in [3.8, 4) is 0 Å². The molecule has 3 aromatic rings. The predicted octanol–water partition coefficient (Wildman–Crippen LogP) is 5.05. The van der Waals surface area contributed by atoms with Crippen molar-refractivity contribution in [3.63, 3.8) is 0 Å². The number of hydrogen-bond donors (Lipinski definition) is 1. The topological polar surface area (TPSA) is 29.1 Å². The van der Waals surface area contributed by atoms with Gasteiger partial charge in [0, 0.05) is 15.5 Å². The largest absolute Gasteiger partial charge is 0.344 e. The number of hydrogen-bond acceptors (Lipinski definition) is 3. The van der Waals surface area contributed by atoms with Crippen molar-refractivity contribution in [2.75, 3.05) is 0 Å². The Kier molecular flexibility index (Phi) is 5.10. The van der Waals surface area contributed by atoms with E-state index in [1.54, 1.807) is 28.7 Å². The van der Waals surface area contributed by atoms with E-state index in [4.69, 9.17) is 11.6 Å². The number of benzene rings is 1. The third-order valence-corrected chi connectivity index (χ3v) is 5.40. The molecule has 1 aromatic carbocycles. The van der Waals surface area contributed by atoms with Crippen molar-refractivity contribution < 1.29 is 9.18 Å². The molecule has 1 atom stereocenters. The zero-order valence-corrected chi connectivity index (χ0v) is 14.4. The van der Waals surface area contributed by atoms with Crippen LogP contribution in [0.2, 0.25) is 5.02 Å². The van der Waals surface area contributed by atoms with E-state index in [2.05, 4.69) is 5.32 Å². The summed E-state index contributed by atoms with van der Waals surface area (Å²) < 4.78 is 13.8. The standard InChI is InChI=1S/C17H13ClFNOS2/c18-13-3-1-4-14(19)12(13)9-16(21)20-17(11-6-8-22-10-11)15-5-2-7-23-15/h1-8,10,17H,9H2,(H,20,21). The second-order valence-electron chi connectivity index (χ2n) is 4.95.